The second-order valence-electron chi connectivity index (χ2n) is 3.02. The molecule has 5 heteroatoms. The molecule has 15 heavy (non-hydrogen) atoms. The Morgan fingerprint density at radius 3 is 2.87 bits per heavy atom. The number of nitrogen functional groups attached to an aromatic ring is 1. The number of nitrogens with two attached hydrogens (primary N) is 1. The molecule has 1 heterocycles. The van der Waals surface area contributed by atoms with Gasteiger partial charge in [0.05, 0.1) is 23.3 Å². The fraction of sp³-hybridized carbons (Fsp3) is 0. The lowest BCUT2D eigenvalue weighted by Crippen LogP contribution is -2.07. The van der Waals surface area contributed by atoms with E-state index < -0.39 is 5.97 Å². The number of aromatic carboxylic acids is 1. The van der Waals surface area contributed by atoms with Crippen LogP contribution in [0.25, 0.3) is 5.69 Å². The van der Waals surface area contributed by atoms with Gasteiger partial charge in [0.15, 0.2) is 0 Å². The summed E-state index contributed by atoms with van der Waals surface area (Å²) in [5.74, 6) is -1.01. The van der Waals surface area contributed by atoms with Crippen LogP contribution in [0, 0.1) is 0 Å². The van der Waals surface area contributed by atoms with E-state index in [1.54, 1.807) is 29.1 Å². The number of aromatic nitrogens is 2. The van der Waals surface area contributed by atoms with E-state index in [1.165, 1.54) is 12.4 Å². The first kappa shape index (κ1) is 9.26. The van der Waals surface area contributed by atoms with Gasteiger partial charge in [-0.2, -0.15) is 0 Å². The molecular formula is C10H9N3O2. The lowest BCUT2D eigenvalue weighted by Gasteiger charge is -2.09. The van der Waals surface area contributed by atoms with E-state index in [1.807, 2.05) is 0 Å². The molecule has 5 nitrogen and oxygen atoms in total. The van der Waals surface area contributed by atoms with Crippen LogP contribution in [0.15, 0.2) is 36.9 Å². The summed E-state index contributed by atoms with van der Waals surface area (Å²) in [6.45, 7) is 0. The van der Waals surface area contributed by atoms with Crippen LogP contribution in [-0.2, 0) is 0 Å². The molecule has 0 radical (unpaired) electrons. The molecule has 2 aromatic rings. The molecule has 0 saturated heterocycles. The van der Waals surface area contributed by atoms with Crippen LogP contribution < -0.4 is 5.73 Å². The smallest absolute Gasteiger partial charge is 0.337 e. The molecule has 3 N–H and O–H groups in total. The van der Waals surface area contributed by atoms with Gasteiger partial charge in [0, 0.05) is 12.4 Å². The minimum absolute atomic E-state index is 0.160. The Hall–Kier alpha value is -2.30. The highest BCUT2D eigenvalue weighted by atomic mass is 16.4. The van der Waals surface area contributed by atoms with E-state index in [9.17, 15) is 4.79 Å². The highest BCUT2D eigenvalue weighted by Crippen LogP contribution is 2.21. The van der Waals surface area contributed by atoms with Gasteiger partial charge in [-0.05, 0) is 12.1 Å². The van der Waals surface area contributed by atoms with Crippen molar-refractivity contribution < 1.29 is 9.90 Å². The zero-order chi connectivity index (χ0) is 10.8. The zero-order valence-electron chi connectivity index (χ0n) is 7.79. The maximum atomic E-state index is 11.0. The number of hydrogen-bond donors (Lipinski definition) is 2. The van der Waals surface area contributed by atoms with Gasteiger partial charge >= 0.3 is 5.97 Å². The van der Waals surface area contributed by atoms with Crippen molar-refractivity contribution in [3.8, 4) is 5.69 Å². The maximum Gasteiger partial charge on any atom is 0.337 e. The normalized spacial score (nSPS) is 10.1. The Morgan fingerprint density at radius 1 is 1.47 bits per heavy atom. The number of nitrogens with zero attached hydrogens (tertiary/aromatic N) is 2. The van der Waals surface area contributed by atoms with Gasteiger partial charge < -0.3 is 15.4 Å². The summed E-state index contributed by atoms with van der Waals surface area (Å²) in [4.78, 5) is 14.8. The summed E-state index contributed by atoms with van der Waals surface area (Å²) < 4.78 is 1.58. The van der Waals surface area contributed by atoms with Gasteiger partial charge in [-0.25, -0.2) is 9.78 Å². The number of carbonyl (C=O) groups is 1. The summed E-state index contributed by atoms with van der Waals surface area (Å²) in [7, 11) is 0. The number of benzene rings is 1. The van der Waals surface area contributed by atoms with E-state index in [2.05, 4.69) is 4.98 Å². The SMILES string of the molecule is Nc1cccc(C(=O)O)c1-n1ccnc1. The third kappa shape index (κ3) is 1.54. The van der Waals surface area contributed by atoms with E-state index in [0.717, 1.165) is 0 Å². The van der Waals surface area contributed by atoms with Crippen LogP contribution in [0.1, 0.15) is 10.4 Å². The Bertz CT molecular complexity index is 491. The number of carboxylic acids is 1. The fourth-order valence-electron chi connectivity index (χ4n) is 1.41. The number of carboxylic acid groups (broad SMARTS) is 1. The van der Waals surface area contributed by atoms with Crippen molar-refractivity contribution in [2.45, 2.75) is 0 Å². The molecule has 0 spiro atoms. The van der Waals surface area contributed by atoms with Crippen molar-refractivity contribution in [1.82, 2.24) is 9.55 Å². The Balaban J connectivity index is 2.68. The van der Waals surface area contributed by atoms with Gasteiger partial charge in [-0.1, -0.05) is 6.07 Å². The van der Waals surface area contributed by atoms with E-state index in [0.29, 0.717) is 11.4 Å². The minimum atomic E-state index is -1.01. The van der Waals surface area contributed by atoms with Crippen molar-refractivity contribution in [2.75, 3.05) is 5.73 Å². The van der Waals surface area contributed by atoms with Crippen molar-refractivity contribution in [2.24, 2.45) is 0 Å². The number of hydrogen-bond acceptors (Lipinski definition) is 3. The topological polar surface area (TPSA) is 81.1 Å². The quantitative estimate of drug-likeness (QED) is 0.717. The molecule has 0 saturated carbocycles. The van der Waals surface area contributed by atoms with E-state index in [-0.39, 0.29) is 5.56 Å². The largest absolute Gasteiger partial charge is 0.478 e. The molecule has 2 rings (SSSR count). The molecule has 1 aromatic heterocycles. The lowest BCUT2D eigenvalue weighted by atomic mass is 10.1. The summed E-state index contributed by atoms with van der Waals surface area (Å²) >= 11 is 0. The van der Waals surface area contributed by atoms with Crippen LogP contribution in [-0.4, -0.2) is 20.6 Å². The van der Waals surface area contributed by atoms with Crippen LogP contribution in [0.3, 0.4) is 0 Å². The molecule has 0 fully saturated rings. The number of imidazole rings is 1. The standard InChI is InChI=1S/C10H9N3O2/c11-8-3-1-2-7(10(14)15)9(8)13-5-4-12-6-13/h1-6H,11H2,(H,14,15). The van der Waals surface area contributed by atoms with E-state index >= 15 is 0 Å². The molecule has 0 bridgehead atoms. The van der Waals surface area contributed by atoms with Crippen LogP contribution >= 0.6 is 0 Å². The average molecular weight is 203 g/mol. The lowest BCUT2D eigenvalue weighted by molar-refractivity contribution is 0.0697. The third-order valence-corrected chi connectivity index (χ3v) is 2.06. The monoisotopic (exact) mass is 203 g/mol. The van der Waals surface area contributed by atoms with Gasteiger partial charge in [0.1, 0.15) is 0 Å². The fourth-order valence-corrected chi connectivity index (χ4v) is 1.41. The van der Waals surface area contributed by atoms with Crippen LogP contribution in [0.4, 0.5) is 5.69 Å². The molecule has 0 amide bonds. The molecule has 0 unspecified atom stereocenters. The Morgan fingerprint density at radius 2 is 2.27 bits per heavy atom. The number of anilines is 1. The maximum absolute atomic E-state index is 11.0. The van der Waals surface area contributed by atoms with Gasteiger partial charge in [-0.15, -0.1) is 0 Å². The van der Waals surface area contributed by atoms with Crippen molar-refractivity contribution in [3.05, 3.63) is 42.5 Å². The number of rotatable bonds is 2. The molecule has 1 aromatic carbocycles. The molecular weight excluding hydrogens is 194 g/mol. The second-order valence-corrected chi connectivity index (χ2v) is 3.02. The molecule has 0 atom stereocenters. The molecule has 0 aliphatic heterocycles. The summed E-state index contributed by atoms with van der Waals surface area (Å²) in [5.41, 5.74) is 6.76. The Kier molecular flexibility index (Phi) is 2.13. The van der Waals surface area contributed by atoms with Gasteiger partial charge in [0.2, 0.25) is 0 Å². The summed E-state index contributed by atoms with van der Waals surface area (Å²) in [6.07, 6.45) is 4.73. The molecule has 0 aliphatic carbocycles. The van der Waals surface area contributed by atoms with Crippen LogP contribution in [0.5, 0.6) is 0 Å². The highest BCUT2D eigenvalue weighted by Gasteiger charge is 2.13. The zero-order valence-corrected chi connectivity index (χ0v) is 7.79. The predicted octanol–water partition coefficient (Wildman–Crippen LogP) is 1.15. The van der Waals surface area contributed by atoms with Gasteiger partial charge in [0.25, 0.3) is 0 Å². The molecule has 76 valence electrons. The van der Waals surface area contributed by atoms with E-state index in [4.69, 9.17) is 10.8 Å². The highest BCUT2D eigenvalue weighted by molar-refractivity contribution is 5.94. The predicted molar refractivity (Wildman–Crippen MR) is 54.9 cm³/mol. The first-order valence-corrected chi connectivity index (χ1v) is 4.30. The average Bonchev–Trinajstić information content (AvgIpc) is 2.70. The van der Waals surface area contributed by atoms with Crippen molar-refractivity contribution >= 4 is 11.7 Å². The van der Waals surface area contributed by atoms with Crippen LogP contribution in [0.2, 0.25) is 0 Å². The summed E-state index contributed by atoms with van der Waals surface area (Å²) in [6, 6.07) is 4.77. The van der Waals surface area contributed by atoms with Crippen molar-refractivity contribution in [3.63, 3.8) is 0 Å². The van der Waals surface area contributed by atoms with Crippen molar-refractivity contribution in [1.29, 1.82) is 0 Å². The van der Waals surface area contributed by atoms with Gasteiger partial charge in [-0.3, -0.25) is 0 Å². The molecule has 0 aliphatic rings. The third-order valence-electron chi connectivity index (χ3n) is 2.06. The first-order valence-electron chi connectivity index (χ1n) is 4.30. The summed E-state index contributed by atoms with van der Waals surface area (Å²) in [5, 5.41) is 9.00. The first-order chi connectivity index (χ1) is 7.20. The Labute approximate surface area is 85.8 Å². The second kappa shape index (κ2) is 3.45. The minimum Gasteiger partial charge on any atom is -0.478 e. The number of para-hydroxylation sites is 1.